The van der Waals surface area contributed by atoms with E-state index in [1.165, 1.54) is 47.9 Å². The molecule has 1 aromatic carbocycles. The van der Waals surface area contributed by atoms with Gasteiger partial charge in [-0.05, 0) is 87.0 Å². The summed E-state index contributed by atoms with van der Waals surface area (Å²) in [6, 6.07) is 2.21. The standard InChI is InChI=1S/C19H26O/c1-11-7-12(2)14(4)19(13(11)3)18(20)10-17-9-15-5-6-16(17)8-15/h7,15-17H,5-6,8-10H2,1-4H3. The molecule has 1 heteroatoms. The van der Waals surface area contributed by atoms with Gasteiger partial charge in [0.05, 0.1) is 0 Å². The molecule has 2 aliphatic carbocycles. The summed E-state index contributed by atoms with van der Waals surface area (Å²) in [7, 11) is 0. The molecule has 1 nitrogen and oxygen atoms in total. The lowest BCUT2D eigenvalue weighted by atomic mass is 9.82. The average Bonchev–Trinajstić information content (AvgIpc) is 2.99. The lowest BCUT2D eigenvalue weighted by Gasteiger charge is -2.22. The van der Waals surface area contributed by atoms with Gasteiger partial charge < -0.3 is 0 Å². The van der Waals surface area contributed by atoms with E-state index in [0.717, 1.165) is 23.8 Å². The van der Waals surface area contributed by atoms with Crippen LogP contribution in [0.4, 0.5) is 0 Å². The zero-order valence-corrected chi connectivity index (χ0v) is 13.3. The molecular formula is C19H26O. The van der Waals surface area contributed by atoms with Crippen molar-refractivity contribution < 1.29 is 4.79 Å². The third kappa shape index (κ3) is 2.21. The maximum atomic E-state index is 12.8. The van der Waals surface area contributed by atoms with Crippen LogP contribution in [0.5, 0.6) is 0 Å². The van der Waals surface area contributed by atoms with E-state index in [1.807, 2.05) is 0 Å². The minimum absolute atomic E-state index is 0.393. The van der Waals surface area contributed by atoms with Crippen molar-refractivity contribution in [2.45, 2.75) is 59.8 Å². The van der Waals surface area contributed by atoms with Crippen LogP contribution in [-0.4, -0.2) is 5.78 Å². The summed E-state index contributed by atoms with van der Waals surface area (Å²) in [6.45, 7) is 8.46. The van der Waals surface area contributed by atoms with Crippen molar-refractivity contribution in [3.8, 4) is 0 Å². The van der Waals surface area contributed by atoms with E-state index in [9.17, 15) is 4.79 Å². The lowest BCUT2D eigenvalue weighted by Crippen LogP contribution is -2.17. The van der Waals surface area contributed by atoms with Gasteiger partial charge in [0, 0.05) is 12.0 Å². The molecule has 0 N–H and O–H groups in total. The van der Waals surface area contributed by atoms with Crippen LogP contribution < -0.4 is 0 Å². The minimum atomic E-state index is 0.393. The van der Waals surface area contributed by atoms with Gasteiger partial charge >= 0.3 is 0 Å². The molecule has 2 bridgehead atoms. The lowest BCUT2D eigenvalue weighted by molar-refractivity contribution is 0.0943. The molecule has 0 aromatic heterocycles. The van der Waals surface area contributed by atoms with Gasteiger partial charge in [-0.2, -0.15) is 0 Å². The van der Waals surface area contributed by atoms with E-state index >= 15 is 0 Å². The van der Waals surface area contributed by atoms with Crippen LogP contribution in [-0.2, 0) is 0 Å². The molecule has 3 atom stereocenters. The first-order chi connectivity index (χ1) is 9.47. The van der Waals surface area contributed by atoms with Crippen molar-refractivity contribution in [2.24, 2.45) is 17.8 Å². The number of benzene rings is 1. The molecule has 2 saturated carbocycles. The number of hydrogen-bond acceptors (Lipinski definition) is 1. The highest BCUT2D eigenvalue weighted by Gasteiger charge is 2.40. The van der Waals surface area contributed by atoms with Gasteiger partial charge in [0.2, 0.25) is 0 Å². The topological polar surface area (TPSA) is 17.1 Å². The minimum Gasteiger partial charge on any atom is -0.294 e. The first-order valence-corrected chi connectivity index (χ1v) is 8.08. The maximum Gasteiger partial charge on any atom is 0.163 e. The van der Waals surface area contributed by atoms with Crippen molar-refractivity contribution >= 4 is 5.78 Å². The first-order valence-electron chi connectivity index (χ1n) is 8.08. The second-order valence-corrected chi connectivity index (χ2v) is 7.20. The summed E-state index contributed by atoms with van der Waals surface area (Å²) < 4.78 is 0. The summed E-state index contributed by atoms with van der Waals surface area (Å²) >= 11 is 0. The van der Waals surface area contributed by atoms with E-state index in [0.29, 0.717) is 11.7 Å². The number of aryl methyl sites for hydroxylation is 2. The molecular weight excluding hydrogens is 244 g/mol. The third-order valence-electron chi connectivity index (χ3n) is 5.98. The van der Waals surface area contributed by atoms with Crippen LogP contribution in [0, 0.1) is 45.4 Å². The Kier molecular flexibility index (Phi) is 3.48. The number of fused-ring (bicyclic) bond motifs is 2. The summed E-state index contributed by atoms with van der Waals surface area (Å²) in [5, 5.41) is 0. The largest absolute Gasteiger partial charge is 0.294 e. The molecule has 108 valence electrons. The predicted molar refractivity (Wildman–Crippen MR) is 83.3 cm³/mol. The molecule has 2 fully saturated rings. The van der Waals surface area contributed by atoms with Gasteiger partial charge in [0.1, 0.15) is 0 Å². The van der Waals surface area contributed by atoms with Crippen molar-refractivity contribution in [2.75, 3.05) is 0 Å². The SMILES string of the molecule is Cc1cc(C)c(C)c(C(=O)CC2CC3CCC2C3)c1C. The Balaban J connectivity index is 1.84. The Bertz CT molecular complexity index is 529. The Morgan fingerprint density at radius 1 is 1.05 bits per heavy atom. The van der Waals surface area contributed by atoms with Crippen LogP contribution in [0.15, 0.2) is 6.07 Å². The Morgan fingerprint density at radius 3 is 2.20 bits per heavy atom. The number of carbonyl (C=O) groups is 1. The molecule has 3 rings (SSSR count). The van der Waals surface area contributed by atoms with Crippen LogP contribution in [0.2, 0.25) is 0 Å². The highest BCUT2D eigenvalue weighted by Crippen LogP contribution is 2.50. The Morgan fingerprint density at radius 2 is 1.70 bits per heavy atom. The quantitative estimate of drug-likeness (QED) is 0.712. The molecule has 0 saturated heterocycles. The van der Waals surface area contributed by atoms with Crippen molar-refractivity contribution in [1.29, 1.82) is 0 Å². The fraction of sp³-hybridized carbons (Fsp3) is 0.632. The average molecular weight is 270 g/mol. The Labute approximate surface area is 122 Å². The summed E-state index contributed by atoms with van der Waals surface area (Å²) in [5.41, 5.74) is 5.92. The molecule has 0 heterocycles. The van der Waals surface area contributed by atoms with E-state index < -0.39 is 0 Å². The van der Waals surface area contributed by atoms with Crippen LogP contribution >= 0.6 is 0 Å². The van der Waals surface area contributed by atoms with Gasteiger partial charge in [0.15, 0.2) is 5.78 Å². The molecule has 0 amide bonds. The molecule has 2 aliphatic rings. The second kappa shape index (κ2) is 5.02. The molecule has 0 radical (unpaired) electrons. The second-order valence-electron chi connectivity index (χ2n) is 7.20. The van der Waals surface area contributed by atoms with Gasteiger partial charge in [0.25, 0.3) is 0 Å². The third-order valence-corrected chi connectivity index (χ3v) is 5.98. The summed E-state index contributed by atoms with van der Waals surface area (Å²) in [6.07, 6.45) is 6.26. The van der Waals surface area contributed by atoms with Gasteiger partial charge in [-0.3, -0.25) is 4.79 Å². The molecule has 20 heavy (non-hydrogen) atoms. The van der Waals surface area contributed by atoms with Crippen molar-refractivity contribution in [3.63, 3.8) is 0 Å². The fourth-order valence-corrected chi connectivity index (χ4v) is 4.60. The van der Waals surface area contributed by atoms with Gasteiger partial charge in [-0.25, -0.2) is 0 Å². The van der Waals surface area contributed by atoms with E-state index in [4.69, 9.17) is 0 Å². The molecule has 1 aromatic rings. The van der Waals surface area contributed by atoms with Crippen LogP contribution in [0.1, 0.15) is 64.7 Å². The molecule has 0 aliphatic heterocycles. The number of rotatable bonds is 3. The maximum absolute atomic E-state index is 12.8. The van der Waals surface area contributed by atoms with Crippen LogP contribution in [0.25, 0.3) is 0 Å². The normalized spacial score (nSPS) is 28.1. The number of hydrogen-bond donors (Lipinski definition) is 0. The van der Waals surface area contributed by atoms with E-state index in [-0.39, 0.29) is 0 Å². The number of ketones is 1. The zero-order chi connectivity index (χ0) is 14.4. The number of carbonyl (C=O) groups excluding carboxylic acids is 1. The Hall–Kier alpha value is -1.11. The van der Waals surface area contributed by atoms with E-state index in [2.05, 4.69) is 33.8 Å². The number of Topliss-reactive ketones (excluding diaryl/α,β-unsaturated/α-hetero) is 1. The highest BCUT2D eigenvalue weighted by atomic mass is 16.1. The zero-order valence-electron chi connectivity index (χ0n) is 13.3. The monoisotopic (exact) mass is 270 g/mol. The van der Waals surface area contributed by atoms with Gasteiger partial charge in [-0.15, -0.1) is 0 Å². The predicted octanol–water partition coefficient (Wildman–Crippen LogP) is 4.93. The van der Waals surface area contributed by atoms with Crippen molar-refractivity contribution in [3.05, 3.63) is 33.9 Å². The first kappa shape index (κ1) is 13.9. The molecule has 3 unspecified atom stereocenters. The fourth-order valence-electron chi connectivity index (χ4n) is 4.60. The smallest absolute Gasteiger partial charge is 0.163 e. The summed E-state index contributed by atoms with van der Waals surface area (Å²) in [5.74, 6) is 2.83. The highest BCUT2D eigenvalue weighted by molar-refractivity contribution is 5.99. The van der Waals surface area contributed by atoms with E-state index in [1.54, 1.807) is 0 Å². The summed E-state index contributed by atoms with van der Waals surface area (Å²) in [4.78, 5) is 12.8. The van der Waals surface area contributed by atoms with Crippen LogP contribution in [0.3, 0.4) is 0 Å². The van der Waals surface area contributed by atoms with Gasteiger partial charge in [-0.1, -0.05) is 12.5 Å². The molecule has 0 spiro atoms. The van der Waals surface area contributed by atoms with Crippen molar-refractivity contribution in [1.82, 2.24) is 0 Å².